The molecule has 0 unspecified atom stereocenters. The number of rotatable bonds is 2. The van der Waals surface area contributed by atoms with Gasteiger partial charge in [0.15, 0.2) is 0 Å². The van der Waals surface area contributed by atoms with Gasteiger partial charge in [-0.3, -0.25) is 0 Å². The fraction of sp³-hybridized carbons (Fsp3) is 0.0909. The van der Waals surface area contributed by atoms with Crippen molar-refractivity contribution in [3.05, 3.63) is 36.8 Å². The zero-order chi connectivity index (χ0) is 10.7. The van der Waals surface area contributed by atoms with Gasteiger partial charge < -0.3 is 10.5 Å². The topological polar surface area (TPSA) is 61.0 Å². The number of hydrogen-bond acceptors (Lipinski definition) is 4. The number of nitrogen functional groups attached to an aromatic ring is 1. The van der Waals surface area contributed by atoms with Gasteiger partial charge >= 0.3 is 0 Å². The Morgan fingerprint density at radius 3 is 2.80 bits per heavy atom. The Bertz CT molecular complexity index is 457. The van der Waals surface area contributed by atoms with Crippen molar-refractivity contribution in [3.63, 3.8) is 0 Å². The average molecular weight is 201 g/mol. The van der Waals surface area contributed by atoms with Crippen LogP contribution >= 0.6 is 0 Å². The van der Waals surface area contributed by atoms with Crippen LogP contribution in [0.15, 0.2) is 36.8 Å². The Labute approximate surface area is 87.7 Å². The van der Waals surface area contributed by atoms with Gasteiger partial charge in [-0.25, -0.2) is 9.97 Å². The zero-order valence-corrected chi connectivity index (χ0v) is 8.34. The number of nitrogens with two attached hydrogens (primary N) is 1. The second-order valence-corrected chi connectivity index (χ2v) is 3.05. The molecule has 1 heterocycles. The summed E-state index contributed by atoms with van der Waals surface area (Å²) in [5, 5.41) is 0. The van der Waals surface area contributed by atoms with E-state index in [2.05, 4.69) is 9.97 Å². The first-order valence-corrected chi connectivity index (χ1v) is 4.51. The van der Waals surface area contributed by atoms with Crippen molar-refractivity contribution < 1.29 is 4.74 Å². The van der Waals surface area contributed by atoms with Gasteiger partial charge in [0, 0.05) is 23.5 Å². The van der Waals surface area contributed by atoms with Gasteiger partial charge in [0.2, 0.25) is 0 Å². The number of hydrogen-bond donors (Lipinski definition) is 1. The Kier molecular flexibility index (Phi) is 2.49. The van der Waals surface area contributed by atoms with Crippen LogP contribution in [0.1, 0.15) is 0 Å². The van der Waals surface area contributed by atoms with Crippen molar-refractivity contribution in [3.8, 4) is 17.0 Å². The molecule has 2 aromatic rings. The van der Waals surface area contributed by atoms with E-state index >= 15 is 0 Å². The second kappa shape index (κ2) is 3.96. The molecule has 0 saturated heterocycles. The highest BCUT2D eigenvalue weighted by Crippen LogP contribution is 2.29. The molecule has 4 nitrogen and oxygen atoms in total. The molecule has 0 atom stereocenters. The first-order chi connectivity index (χ1) is 7.31. The van der Waals surface area contributed by atoms with Gasteiger partial charge in [0.1, 0.15) is 12.1 Å². The van der Waals surface area contributed by atoms with Gasteiger partial charge in [0.25, 0.3) is 0 Å². The van der Waals surface area contributed by atoms with Crippen LogP contribution in [0.25, 0.3) is 11.3 Å². The van der Waals surface area contributed by atoms with Crippen molar-refractivity contribution in [1.29, 1.82) is 0 Å². The highest BCUT2D eigenvalue weighted by molar-refractivity contribution is 5.69. The first kappa shape index (κ1) is 9.45. The maximum absolute atomic E-state index is 5.67. The van der Waals surface area contributed by atoms with E-state index in [-0.39, 0.29) is 0 Å². The normalized spacial score (nSPS) is 9.93. The minimum absolute atomic E-state index is 0.671. The second-order valence-electron chi connectivity index (χ2n) is 3.05. The van der Waals surface area contributed by atoms with E-state index in [4.69, 9.17) is 10.5 Å². The molecule has 0 fully saturated rings. The standard InChI is InChI=1S/C11H11N3O/c1-15-11-6-8(12)2-3-9(11)10-4-5-13-7-14-10/h2-7H,12H2,1H3. The van der Waals surface area contributed by atoms with Crippen LogP contribution in [0.3, 0.4) is 0 Å². The van der Waals surface area contributed by atoms with Gasteiger partial charge in [-0.05, 0) is 18.2 Å². The number of methoxy groups -OCH3 is 1. The van der Waals surface area contributed by atoms with E-state index in [1.165, 1.54) is 6.33 Å². The van der Waals surface area contributed by atoms with Crippen LogP contribution in [0.4, 0.5) is 5.69 Å². The van der Waals surface area contributed by atoms with E-state index in [9.17, 15) is 0 Å². The molecule has 15 heavy (non-hydrogen) atoms. The first-order valence-electron chi connectivity index (χ1n) is 4.51. The number of aromatic nitrogens is 2. The lowest BCUT2D eigenvalue weighted by molar-refractivity contribution is 0.416. The molecule has 0 aliphatic heterocycles. The van der Waals surface area contributed by atoms with Crippen molar-refractivity contribution >= 4 is 5.69 Å². The monoisotopic (exact) mass is 201 g/mol. The Hall–Kier alpha value is -2.10. The van der Waals surface area contributed by atoms with Crippen LogP contribution in [-0.2, 0) is 0 Å². The minimum Gasteiger partial charge on any atom is -0.496 e. The zero-order valence-electron chi connectivity index (χ0n) is 8.34. The fourth-order valence-corrected chi connectivity index (χ4v) is 1.37. The largest absolute Gasteiger partial charge is 0.496 e. The van der Waals surface area contributed by atoms with Gasteiger partial charge in [0.05, 0.1) is 12.8 Å². The van der Waals surface area contributed by atoms with Crippen LogP contribution in [-0.4, -0.2) is 17.1 Å². The molecular weight excluding hydrogens is 190 g/mol. The summed E-state index contributed by atoms with van der Waals surface area (Å²) >= 11 is 0. The number of benzene rings is 1. The summed E-state index contributed by atoms with van der Waals surface area (Å²) in [4.78, 5) is 8.02. The van der Waals surface area contributed by atoms with Crippen LogP contribution < -0.4 is 10.5 Å². The molecule has 0 aliphatic rings. The number of anilines is 1. The quantitative estimate of drug-likeness (QED) is 0.752. The summed E-state index contributed by atoms with van der Waals surface area (Å²) < 4.78 is 5.24. The molecule has 1 aromatic heterocycles. The molecule has 0 bridgehead atoms. The lowest BCUT2D eigenvalue weighted by Gasteiger charge is -2.08. The molecule has 2 rings (SSSR count). The Balaban J connectivity index is 2.53. The van der Waals surface area contributed by atoms with E-state index in [1.807, 2.05) is 18.2 Å². The maximum atomic E-state index is 5.67. The minimum atomic E-state index is 0.671. The lowest BCUT2D eigenvalue weighted by Crippen LogP contribution is -1.92. The van der Waals surface area contributed by atoms with Crippen LogP contribution in [0.2, 0.25) is 0 Å². The predicted molar refractivity (Wildman–Crippen MR) is 58.4 cm³/mol. The Morgan fingerprint density at radius 1 is 1.27 bits per heavy atom. The SMILES string of the molecule is COc1cc(N)ccc1-c1ccncn1. The Morgan fingerprint density at radius 2 is 2.13 bits per heavy atom. The summed E-state index contributed by atoms with van der Waals surface area (Å²) in [6, 6.07) is 7.31. The van der Waals surface area contributed by atoms with Gasteiger partial charge in [-0.15, -0.1) is 0 Å². The van der Waals surface area contributed by atoms with Crippen molar-refractivity contribution in [2.75, 3.05) is 12.8 Å². The van der Waals surface area contributed by atoms with Gasteiger partial charge in [-0.2, -0.15) is 0 Å². The third-order valence-corrected chi connectivity index (χ3v) is 2.08. The molecule has 0 radical (unpaired) electrons. The summed E-state index contributed by atoms with van der Waals surface area (Å²) in [5.74, 6) is 0.716. The molecular formula is C11H11N3O. The molecule has 1 aromatic carbocycles. The molecule has 0 amide bonds. The highest BCUT2D eigenvalue weighted by Gasteiger charge is 2.06. The van der Waals surface area contributed by atoms with E-state index in [0.29, 0.717) is 11.4 Å². The number of nitrogens with zero attached hydrogens (tertiary/aromatic N) is 2. The average Bonchev–Trinajstić information content (AvgIpc) is 2.30. The molecule has 2 N–H and O–H groups in total. The molecule has 0 saturated carbocycles. The van der Waals surface area contributed by atoms with Crippen LogP contribution in [0, 0.1) is 0 Å². The summed E-state index contributed by atoms with van der Waals surface area (Å²) in [5.41, 5.74) is 8.07. The molecule has 0 spiro atoms. The maximum Gasteiger partial charge on any atom is 0.130 e. The fourth-order valence-electron chi connectivity index (χ4n) is 1.37. The van der Waals surface area contributed by atoms with Crippen LogP contribution in [0.5, 0.6) is 5.75 Å². The third kappa shape index (κ3) is 1.88. The molecule has 76 valence electrons. The van der Waals surface area contributed by atoms with Crippen molar-refractivity contribution in [1.82, 2.24) is 9.97 Å². The van der Waals surface area contributed by atoms with E-state index in [0.717, 1.165) is 11.3 Å². The predicted octanol–water partition coefficient (Wildman–Crippen LogP) is 1.73. The summed E-state index contributed by atoms with van der Waals surface area (Å²) in [7, 11) is 1.61. The smallest absolute Gasteiger partial charge is 0.130 e. The number of ether oxygens (including phenoxy) is 1. The molecule has 4 heteroatoms. The molecule has 0 aliphatic carbocycles. The lowest BCUT2D eigenvalue weighted by atomic mass is 10.1. The summed E-state index contributed by atoms with van der Waals surface area (Å²) in [6.45, 7) is 0. The third-order valence-electron chi connectivity index (χ3n) is 2.08. The van der Waals surface area contributed by atoms with Crippen molar-refractivity contribution in [2.45, 2.75) is 0 Å². The highest BCUT2D eigenvalue weighted by atomic mass is 16.5. The summed E-state index contributed by atoms with van der Waals surface area (Å²) in [6.07, 6.45) is 3.20. The van der Waals surface area contributed by atoms with E-state index in [1.54, 1.807) is 19.4 Å². The van der Waals surface area contributed by atoms with Gasteiger partial charge in [-0.1, -0.05) is 0 Å². The van der Waals surface area contributed by atoms with E-state index < -0.39 is 0 Å². The van der Waals surface area contributed by atoms with Crippen molar-refractivity contribution in [2.24, 2.45) is 0 Å².